The van der Waals surface area contributed by atoms with Gasteiger partial charge in [-0.2, -0.15) is 4.98 Å². The van der Waals surface area contributed by atoms with E-state index in [2.05, 4.69) is 21.9 Å². The lowest BCUT2D eigenvalue weighted by Crippen LogP contribution is -2.38. The average molecular weight is 379 g/mol. The highest BCUT2D eigenvalue weighted by Crippen LogP contribution is 2.39. The Morgan fingerprint density at radius 1 is 1.21 bits per heavy atom. The Morgan fingerprint density at radius 2 is 2.07 bits per heavy atom. The lowest BCUT2D eigenvalue weighted by Gasteiger charge is -2.33. The number of piperidine rings is 1. The number of rotatable bonds is 4. The third-order valence-corrected chi connectivity index (χ3v) is 5.06. The van der Waals surface area contributed by atoms with Gasteiger partial charge in [-0.05, 0) is 45.2 Å². The van der Waals surface area contributed by atoms with Gasteiger partial charge in [0.1, 0.15) is 11.8 Å². The normalized spacial score (nSPS) is 16.9. The van der Waals surface area contributed by atoms with Gasteiger partial charge < -0.3 is 9.64 Å². The zero-order valence-corrected chi connectivity index (χ0v) is 15.8. The van der Waals surface area contributed by atoms with E-state index in [4.69, 9.17) is 4.74 Å². The molecule has 8 nitrogen and oxygen atoms in total. The van der Waals surface area contributed by atoms with Gasteiger partial charge in [0.05, 0.1) is 4.92 Å². The molecular formula is C20H21N5O3. The predicted octanol–water partition coefficient (Wildman–Crippen LogP) is 4.41. The van der Waals surface area contributed by atoms with Crippen LogP contribution in [0.3, 0.4) is 0 Å². The molecule has 3 aromatic rings. The number of hydrogen-bond donors (Lipinski definition) is 0. The summed E-state index contributed by atoms with van der Waals surface area (Å²) < 4.78 is 5.92. The van der Waals surface area contributed by atoms with Gasteiger partial charge >= 0.3 is 11.6 Å². The molecular weight excluding hydrogens is 358 g/mol. The van der Waals surface area contributed by atoms with Crippen LogP contribution in [0.5, 0.6) is 11.6 Å². The number of fused-ring (bicyclic) bond motifs is 1. The fourth-order valence-electron chi connectivity index (χ4n) is 3.62. The first kappa shape index (κ1) is 18.1. The number of pyridine rings is 1. The lowest BCUT2D eigenvalue weighted by atomic mass is 10.0. The van der Waals surface area contributed by atoms with Crippen molar-refractivity contribution in [2.75, 3.05) is 11.4 Å². The third kappa shape index (κ3) is 3.33. The summed E-state index contributed by atoms with van der Waals surface area (Å²) in [4.78, 5) is 26.2. The van der Waals surface area contributed by atoms with E-state index >= 15 is 0 Å². The first-order chi connectivity index (χ1) is 13.5. The molecule has 0 aliphatic carbocycles. The van der Waals surface area contributed by atoms with E-state index in [0.717, 1.165) is 36.9 Å². The fraction of sp³-hybridized carbons (Fsp3) is 0.350. The molecule has 0 N–H and O–H groups in total. The summed E-state index contributed by atoms with van der Waals surface area (Å²) in [6, 6.07) is 9.52. The number of nitro groups is 1. The molecule has 0 saturated carbocycles. The Bertz CT molecular complexity index is 1040. The number of benzene rings is 1. The van der Waals surface area contributed by atoms with E-state index in [0.29, 0.717) is 17.1 Å². The topological polar surface area (TPSA) is 94.3 Å². The molecule has 0 radical (unpaired) electrons. The zero-order valence-electron chi connectivity index (χ0n) is 15.8. The predicted molar refractivity (Wildman–Crippen MR) is 106 cm³/mol. The minimum atomic E-state index is -0.462. The standard InChI is InChI=1S/C20H21N5O3/c1-13-9-10-15-7-5-8-16(17(15)23-13)28-20-18(25(26)27)19(21-12-22-20)24-11-4-3-6-14(24)2/h5,7-10,12,14H,3-4,6,11H2,1-2H3. The summed E-state index contributed by atoms with van der Waals surface area (Å²) in [7, 11) is 0. The van der Waals surface area contributed by atoms with Crippen molar-refractivity contribution in [2.24, 2.45) is 0 Å². The van der Waals surface area contributed by atoms with E-state index < -0.39 is 4.92 Å². The van der Waals surface area contributed by atoms with E-state index in [1.165, 1.54) is 6.33 Å². The Balaban J connectivity index is 1.80. The van der Waals surface area contributed by atoms with Crippen molar-refractivity contribution in [1.82, 2.24) is 15.0 Å². The highest BCUT2D eigenvalue weighted by Gasteiger charge is 2.32. The van der Waals surface area contributed by atoms with Crippen LogP contribution in [-0.4, -0.2) is 32.5 Å². The summed E-state index contributed by atoms with van der Waals surface area (Å²) in [5.41, 5.74) is 1.27. The molecule has 1 saturated heterocycles. The maximum Gasteiger partial charge on any atom is 0.373 e. The minimum absolute atomic E-state index is 0.0661. The van der Waals surface area contributed by atoms with Crippen LogP contribution in [0.4, 0.5) is 11.5 Å². The van der Waals surface area contributed by atoms with Crippen molar-refractivity contribution in [3.05, 3.63) is 52.5 Å². The van der Waals surface area contributed by atoms with E-state index in [9.17, 15) is 10.1 Å². The number of aromatic nitrogens is 3. The quantitative estimate of drug-likeness (QED) is 0.489. The maximum atomic E-state index is 11.9. The Labute approximate surface area is 162 Å². The summed E-state index contributed by atoms with van der Waals surface area (Å²) in [5, 5.41) is 12.8. The lowest BCUT2D eigenvalue weighted by molar-refractivity contribution is -0.385. The zero-order chi connectivity index (χ0) is 19.7. The van der Waals surface area contributed by atoms with E-state index in [1.807, 2.05) is 36.1 Å². The van der Waals surface area contributed by atoms with Crippen LogP contribution in [0.25, 0.3) is 10.9 Å². The van der Waals surface area contributed by atoms with Gasteiger partial charge in [-0.3, -0.25) is 10.1 Å². The van der Waals surface area contributed by atoms with Crippen molar-refractivity contribution >= 4 is 22.4 Å². The molecule has 28 heavy (non-hydrogen) atoms. The third-order valence-electron chi connectivity index (χ3n) is 5.06. The number of aryl methyl sites for hydroxylation is 1. The number of para-hydroxylation sites is 1. The fourth-order valence-corrected chi connectivity index (χ4v) is 3.62. The van der Waals surface area contributed by atoms with Gasteiger partial charge in [-0.1, -0.05) is 18.2 Å². The first-order valence-electron chi connectivity index (χ1n) is 9.35. The van der Waals surface area contributed by atoms with Crippen LogP contribution in [-0.2, 0) is 0 Å². The van der Waals surface area contributed by atoms with Gasteiger partial charge in [0.2, 0.25) is 5.82 Å². The van der Waals surface area contributed by atoms with Gasteiger partial charge in [-0.25, -0.2) is 9.97 Å². The average Bonchev–Trinajstić information content (AvgIpc) is 2.68. The van der Waals surface area contributed by atoms with Crippen LogP contribution in [0.15, 0.2) is 36.7 Å². The second-order valence-electron chi connectivity index (χ2n) is 7.03. The Hall–Kier alpha value is -3.29. The van der Waals surface area contributed by atoms with Crippen LogP contribution >= 0.6 is 0 Å². The molecule has 2 aromatic heterocycles. The van der Waals surface area contributed by atoms with Gasteiger partial charge in [0.15, 0.2) is 5.75 Å². The van der Waals surface area contributed by atoms with Gasteiger partial charge in [0.25, 0.3) is 0 Å². The molecule has 1 atom stereocenters. The van der Waals surface area contributed by atoms with Gasteiger partial charge in [0, 0.05) is 23.7 Å². The van der Waals surface area contributed by atoms with E-state index in [-0.39, 0.29) is 17.6 Å². The maximum absolute atomic E-state index is 11.9. The molecule has 8 heteroatoms. The molecule has 0 amide bonds. The molecule has 3 heterocycles. The molecule has 4 rings (SSSR count). The van der Waals surface area contributed by atoms with Crippen LogP contribution in [0, 0.1) is 17.0 Å². The second kappa shape index (κ2) is 7.38. The summed E-state index contributed by atoms with van der Waals surface area (Å²) >= 11 is 0. The smallest absolute Gasteiger partial charge is 0.373 e. The highest BCUT2D eigenvalue weighted by atomic mass is 16.6. The SMILES string of the molecule is Cc1ccc2cccc(Oc3ncnc(N4CCCCC4C)c3[N+](=O)[O-])c2n1. The summed E-state index contributed by atoms with van der Waals surface area (Å²) in [6.45, 7) is 4.68. The largest absolute Gasteiger partial charge is 0.431 e. The molecule has 1 aliphatic rings. The Kier molecular flexibility index (Phi) is 4.77. The number of nitrogens with zero attached hydrogens (tertiary/aromatic N) is 5. The van der Waals surface area contributed by atoms with Crippen molar-refractivity contribution in [2.45, 2.75) is 39.2 Å². The number of anilines is 1. The van der Waals surface area contributed by atoms with Crippen molar-refractivity contribution in [3.63, 3.8) is 0 Å². The molecule has 144 valence electrons. The highest BCUT2D eigenvalue weighted by molar-refractivity contribution is 5.85. The van der Waals surface area contributed by atoms with E-state index in [1.54, 1.807) is 6.07 Å². The number of ether oxygens (including phenoxy) is 1. The van der Waals surface area contributed by atoms with Crippen LogP contribution in [0.2, 0.25) is 0 Å². The number of hydrogen-bond acceptors (Lipinski definition) is 7. The molecule has 1 fully saturated rings. The van der Waals surface area contributed by atoms with Gasteiger partial charge in [-0.15, -0.1) is 0 Å². The molecule has 1 unspecified atom stereocenters. The molecule has 0 bridgehead atoms. The minimum Gasteiger partial charge on any atom is -0.431 e. The Morgan fingerprint density at radius 3 is 2.86 bits per heavy atom. The van der Waals surface area contributed by atoms with Crippen LogP contribution in [0.1, 0.15) is 31.9 Å². The first-order valence-corrected chi connectivity index (χ1v) is 9.35. The molecule has 1 aliphatic heterocycles. The van der Waals surface area contributed by atoms with Crippen molar-refractivity contribution in [3.8, 4) is 11.6 Å². The van der Waals surface area contributed by atoms with Crippen molar-refractivity contribution in [1.29, 1.82) is 0 Å². The van der Waals surface area contributed by atoms with Crippen molar-refractivity contribution < 1.29 is 9.66 Å². The summed E-state index contributed by atoms with van der Waals surface area (Å²) in [6.07, 6.45) is 4.39. The monoisotopic (exact) mass is 379 g/mol. The van der Waals surface area contributed by atoms with Crippen LogP contribution < -0.4 is 9.64 Å². The molecule has 0 spiro atoms. The second-order valence-corrected chi connectivity index (χ2v) is 7.03. The summed E-state index contributed by atoms with van der Waals surface area (Å²) in [5.74, 6) is 0.677. The molecule has 1 aromatic carbocycles.